The van der Waals surface area contributed by atoms with E-state index in [1.54, 1.807) is 18.2 Å². The summed E-state index contributed by atoms with van der Waals surface area (Å²) in [4.78, 5) is 10.8. The molecule has 2 aromatic carbocycles. The number of rotatable bonds is 7. The first-order valence-electron chi connectivity index (χ1n) is 7.40. The lowest BCUT2D eigenvalue weighted by Gasteiger charge is -2.12. The zero-order chi connectivity index (χ0) is 19.2. The number of carbonyl (C=O) groups is 1. The Hall–Kier alpha value is -3.16. The van der Waals surface area contributed by atoms with E-state index in [1.165, 1.54) is 43.5 Å². The van der Waals surface area contributed by atoms with Gasteiger partial charge >= 0.3 is 6.36 Å². The van der Waals surface area contributed by atoms with Gasteiger partial charge in [-0.25, -0.2) is 0 Å². The van der Waals surface area contributed by atoms with Crippen molar-refractivity contribution in [3.8, 4) is 17.2 Å². The van der Waals surface area contributed by atoms with Crippen molar-refractivity contribution in [2.75, 3.05) is 7.11 Å². The van der Waals surface area contributed by atoms with Gasteiger partial charge in [-0.1, -0.05) is 18.2 Å². The Morgan fingerprint density at radius 2 is 1.81 bits per heavy atom. The number of amides is 1. The highest BCUT2D eigenvalue weighted by Gasteiger charge is 2.30. The molecule has 0 unspecified atom stereocenters. The number of alkyl halides is 3. The van der Waals surface area contributed by atoms with Crippen molar-refractivity contribution in [2.24, 2.45) is 5.73 Å². The molecule has 0 saturated heterocycles. The number of methoxy groups -OCH3 is 1. The normalized spacial score (nSPS) is 11.4. The van der Waals surface area contributed by atoms with Crippen LogP contribution in [0.15, 0.2) is 48.5 Å². The van der Waals surface area contributed by atoms with E-state index in [2.05, 4.69) is 4.74 Å². The summed E-state index contributed by atoms with van der Waals surface area (Å²) in [5.41, 5.74) is 6.39. The van der Waals surface area contributed by atoms with E-state index in [1.807, 2.05) is 0 Å². The van der Waals surface area contributed by atoms with Gasteiger partial charge in [0.25, 0.3) is 0 Å². The molecule has 0 aliphatic carbocycles. The Bertz CT molecular complexity index is 786. The molecule has 0 aliphatic heterocycles. The fraction of sp³-hybridized carbons (Fsp3) is 0.167. The van der Waals surface area contributed by atoms with Crippen LogP contribution in [0.1, 0.15) is 11.1 Å². The molecule has 2 N–H and O–H groups in total. The van der Waals surface area contributed by atoms with Crippen LogP contribution in [0.5, 0.6) is 17.2 Å². The Labute approximate surface area is 147 Å². The number of primary amides is 1. The molecule has 0 aliphatic rings. The summed E-state index contributed by atoms with van der Waals surface area (Å²) in [7, 11) is 1.47. The van der Waals surface area contributed by atoms with Crippen molar-refractivity contribution in [2.45, 2.75) is 13.0 Å². The van der Waals surface area contributed by atoms with E-state index in [4.69, 9.17) is 15.2 Å². The van der Waals surface area contributed by atoms with Crippen LogP contribution < -0.4 is 19.9 Å². The van der Waals surface area contributed by atoms with Crippen molar-refractivity contribution in [1.82, 2.24) is 0 Å². The quantitative estimate of drug-likeness (QED) is 0.758. The summed E-state index contributed by atoms with van der Waals surface area (Å²) in [5.74, 6) is 0.0136. The molecule has 138 valence electrons. The predicted octanol–water partition coefficient (Wildman–Crippen LogP) is 3.67. The highest BCUT2D eigenvalue weighted by molar-refractivity contribution is 5.90. The fourth-order valence-electron chi connectivity index (χ4n) is 2.03. The minimum Gasteiger partial charge on any atom is -0.493 e. The van der Waals surface area contributed by atoms with E-state index < -0.39 is 12.3 Å². The van der Waals surface area contributed by atoms with Crippen LogP contribution in [-0.2, 0) is 11.4 Å². The van der Waals surface area contributed by atoms with Crippen LogP contribution in [0.3, 0.4) is 0 Å². The van der Waals surface area contributed by atoms with Crippen LogP contribution in [0.25, 0.3) is 6.08 Å². The molecule has 0 spiro atoms. The molecule has 2 aromatic rings. The molecule has 5 nitrogen and oxygen atoms in total. The number of nitrogens with two attached hydrogens (primary N) is 1. The van der Waals surface area contributed by atoms with Gasteiger partial charge in [-0.3, -0.25) is 4.79 Å². The van der Waals surface area contributed by atoms with Crippen molar-refractivity contribution < 1.29 is 32.2 Å². The SMILES string of the molecule is COc1cc(/C=C/C(N)=O)ccc1OCc1ccc(OC(F)(F)F)cc1. The summed E-state index contributed by atoms with van der Waals surface area (Å²) in [6.45, 7) is 0.124. The zero-order valence-electron chi connectivity index (χ0n) is 13.7. The molecule has 0 heterocycles. The topological polar surface area (TPSA) is 70.8 Å². The predicted molar refractivity (Wildman–Crippen MR) is 88.7 cm³/mol. The maximum absolute atomic E-state index is 12.1. The maximum Gasteiger partial charge on any atom is 0.573 e. The first-order valence-corrected chi connectivity index (χ1v) is 7.40. The number of benzene rings is 2. The number of carbonyl (C=O) groups excluding carboxylic acids is 1. The third-order valence-corrected chi connectivity index (χ3v) is 3.18. The molecule has 0 atom stereocenters. The molecule has 0 saturated carbocycles. The van der Waals surface area contributed by atoms with Gasteiger partial charge < -0.3 is 19.9 Å². The largest absolute Gasteiger partial charge is 0.573 e. The minimum atomic E-state index is -4.73. The van der Waals surface area contributed by atoms with Crippen molar-refractivity contribution in [1.29, 1.82) is 0 Å². The van der Waals surface area contributed by atoms with Crippen LogP contribution in [0.4, 0.5) is 13.2 Å². The number of hydrogen-bond acceptors (Lipinski definition) is 4. The van der Waals surface area contributed by atoms with E-state index in [0.717, 1.165) is 0 Å². The number of ether oxygens (including phenoxy) is 3. The second kappa shape index (κ2) is 8.28. The summed E-state index contributed by atoms with van der Waals surface area (Å²) in [5, 5.41) is 0. The molecule has 0 fully saturated rings. The van der Waals surface area contributed by atoms with Gasteiger partial charge in [0.15, 0.2) is 11.5 Å². The van der Waals surface area contributed by atoms with Crippen molar-refractivity contribution in [3.05, 3.63) is 59.7 Å². The van der Waals surface area contributed by atoms with Crippen LogP contribution in [0, 0.1) is 0 Å². The van der Waals surface area contributed by atoms with Gasteiger partial charge in [-0.2, -0.15) is 0 Å². The first kappa shape index (κ1) is 19.2. The Morgan fingerprint density at radius 1 is 1.12 bits per heavy atom. The lowest BCUT2D eigenvalue weighted by molar-refractivity contribution is -0.274. The summed E-state index contributed by atoms with van der Waals surface area (Å²) in [6.07, 6.45) is -1.97. The molecule has 0 radical (unpaired) electrons. The van der Waals surface area contributed by atoms with Gasteiger partial charge in [-0.15, -0.1) is 13.2 Å². The Morgan fingerprint density at radius 3 is 2.38 bits per heavy atom. The average Bonchev–Trinajstić information content (AvgIpc) is 2.58. The molecule has 8 heteroatoms. The second-order valence-corrected chi connectivity index (χ2v) is 5.13. The Balaban J connectivity index is 2.03. The average molecular weight is 367 g/mol. The third kappa shape index (κ3) is 6.04. The summed E-state index contributed by atoms with van der Waals surface area (Å²) in [6, 6.07) is 10.4. The first-order chi connectivity index (χ1) is 12.3. The summed E-state index contributed by atoms with van der Waals surface area (Å²) >= 11 is 0. The van der Waals surface area contributed by atoms with Crippen molar-refractivity contribution >= 4 is 12.0 Å². The van der Waals surface area contributed by atoms with Gasteiger partial charge in [0.05, 0.1) is 7.11 Å². The van der Waals surface area contributed by atoms with Crippen LogP contribution >= 0.6 is 0 Å². The second-order valence-electron chi connectivity index (χ2n) is 5.13. The molecule has 26 heavy (non-hydrogen) atoms. The minimum absolute atomic E-state index is 0.124. The monoisotopic (exact) mass is 367 g/mol. The van der Waals surface area contributed by atoms with E-state index >= 15 is 0 Å². The molecule has 2 rings (SSSR count). The van der Waals surface area contributed by atoms with Gasteiger partial charge in [0.1, 0.15) is 12.4 Å². The van der Waals surface area contributed by atoms with Gasteiger partial charge in [0, 0.05) is 6.08 Å². The number of hydrogen-bond donors (Lipinski definition) is 1. The van der Waals surface area contributed by atoms with E-state index in [9.17, 15) is 18.0 Å². The molecule has 0 bridgehead atoms. The van der Waals surface area contributed by atoms with Crippen LogP contribution in [0.2, 0.25) is 0 Å². The lowest BCUT2D eigenvalue weighted by atomic mass is 10.2. The molecular formula is C18H16F3NO4. The Kier molecular flexibility index (Phi) is 6.11. The standard InChI is InChI=1S/C18H16F3NO4/c1-24-16-10-12(5-9-17(22)23)4-8-15(16)25-11-13-2-6-14(7-3-13)26-18(19,20)21/h2-10H,11H2,1H3,(H2,22,23)/b9-5+. The zero-order valence-corrected chi connectivity index (χ0v) is 13.7. The van der Waals surface area contributed by atoms with E-state index in [-0.39, 0.29) is 12.4 Å². The summed E-state index contributed by atoms with van der Waals surface area (Å²) < 4.78 is 51.1. The smallest absolute Gasteiger partial charge is 0.493 e. The number of halogens is 3. The fourth-order valence-corrected chi connectivity index (χ4v) is 2.03. The van der Waals surface area contributed by atoms with Gasteiger partial charge in [0.2, 0.25) is 5.91 Å². The molecule has 1 amide bonds. The van der Waals surface area contributed by atoms with Crippen molar-refractivity contribution in [3.63, 3.8) is 0 Å². The van der Waals surface area contributed by atoms with Crippen LogP contribution in [-0.4, -0.2) is 19.4 Å². The third-order valence-electron chi connectivity index (χ3n) is 3.18. The maximum atomic E-state index is 12.1. The molecular weight excluding hydrogens is 351 g/mol. The van der Waals surface area contributed by atoms with Gasteiger partial charge in [-0.05, 0) is 41.5 Å². The highest BCUT2D eigenvalue weighted by Crippen LogP contribution is 2.29. The van der Waals surface area contributed by atoms with E-state index in [0.29, 0.717) is 22.6 Å². The lowest BCUT2D eigenvalue weighted by Crippen LogP contribution is -2.17. The highest BCUT2D eigenvalue weighted by atomic mass is 19.4. The molecule has 0 aromatic heterocycles.